The third kappa shape index (κ3) is 8.47. The van der Waals surface area contributed by atoms with Gasteiger partial charge in [-0.3, -0.25) is 9.35 Å². The smallest absolute Gasteiger partial charge is 0.431 e. The van der Waals surface area contributed by atoms with E-state index in [1.807, 2.05) is 41.5 Å². The van der Waals surface area contributed by atoms with Gasteiger partial charge in [0.05, 0.1) is 6.61 Å². The van der Waals surface area contributed by atoms with E-state index in [1.54, 1.807) is 0 Å². The number of rotatable bonds is 12. The Morgan fingerprint density at radius 1 is 0.935 bits per heavy atom. The SMILES string of the molecule is CC(C)(C)CC(N)(C(=O)OCCCOCCCC(F)(F)C(F)(F)S(=O)(=O)O)C(C)(C)C. The van der Waals surface area contributed by atoms with Gasteiger partial charge >= 0.3 is 27.3 Å². The third-order valence-electron chi connectivity index (χ3n) is 4.71. The first kappa shape index (κ1) is 30.0. The zero-order valence-electron chi connectivity index (χ0n) is 18.9. The molecule has 31 heavy (non-hydrogen) atoms. The maximum absolute atomic E-state index is 13.3. The minimum absolute atomic E-state index is 0.0000962. The third-order valence-corrected chi connectivity index (χ3v) is 5.65. The minimum Gasteiger partial charge on any atom is -0.464 e. The number of alkyl halides is 4. The van der Waals surface area contributed by atoms with Crippen molar-refractivity contribution in [3.8, 4) is 0 Å². The summed E-state index contributed by atoms with van der Waals surface area (Å²) in [6.45, 7) is 11.0. The summed E-state index contributed by atoms with van der Waals surface area (Å²) in [5.74, 6) is -5.51. The molecule has 12 heteroatoms. The lowest BCUT2D eigenvalue weighted by Gasteiger charge is -2.42. The highest BCUT2D eigenvalue weighted by molar-refractivity contribution is 7.87. The first-order valence-electron chi connectivity index (χ1n) is 9.85. The van der Waals surface area contributed by atoms with Gasteiger partial charge in [0.2, 0.25) is 0 Å². The summed E-state index contributed by atoms with van der Waals surface area (Å²) in [5, 5.41) is -5.58. The molecule has 0 heterocycles. The summed E-state index contributed by atoms with van der Waals surface area (Å²) in [6, 6.07) is 0. The van der Waals surface area contributed by atoms with Crippen LogP contribution in [-0.4, -0.2) is 55.5 Å². The maximum atomic E-state index is 13.3. The quantitative estimate of drug-likeness (QED) is 0.187. The molecule has 7 nitrogen and oxygen atoms in total. The van der Waals surface area contributed by atoms with Gasteiger partial charge in [-0.1, -0.05) is 41.5 Å². The van der Waals surface area contributed by atoms with Crippen molar-refractivity contribution in [3.05, 3.63) is 0 Å². The Balaban J connectivity index is 4.43. The molecule has 0 saturated heterocycles. The Kier molecular flexibility index (Phi) is 9.98. The summed E-state index contributed by atoms with van der Waals surface area (Å²) in [5.41, 5.74) is 4.38. The fourth-order valence-corrected chi connectivity index (χ4v) is 3.25. The van der Waals surface area contributed by atoms with Gasteiger partial charge in [-0.15, -0.1) is 0 Å². The predicted molar refractivity (Wildman–Crippen MR) is 108 cm³/mol. The molecule has 0 aliphatic carbocycles. The Morgan fingerprint density at radius 3 is 1.84 bits per heavy atom. The van der Waals surface area contributed by atoms with Crippen molar-refractivity contribution in [2.45, 2.75) is 83.9 Å². The lowest BCUT2D eigenvalue weighted by molar-refractivity contribution is -0.166. The highest BCUT2D eigenvalue weighted by atomic mass is 32.2. The zero-order chi connectivity index (χ0) is 24.9. The second-order valence-corrected chi connectivity index (χ2v) is 11.3. The molecule has 0 radical (unpaired) electrons. The number of ether oxygens (including phenoxy) is 2. The molecule has 0 rings (SSSR count). The normalized spacial score (nSPS) is 16.1. The van der Waals surface area contributed by atoms with Gasteiger partial charge in [-0.05, 0) is 23.7 Å². The van der Waals surface area contributed by atoms with Crippen LogP contribution in [0, 0.1) is 10.8 Å². The number of esters is 1. The van der Waals surface area contributed by atoms with Crippen LogP contribution in [0.15, 0.2) is 0 Å². The number of hydrogen-bond donors (Lipinski definition) is 2. The van der Waals surface area contributed by atoms with E-state index < -0.39 is 51.1 Å². The molecule has 0 aliphatic rings. The standard InChI is InChI=1S/C19H35F4NO6S/c1-15(2,3)13-17(24,16(4,5)6)14(25)30-12-8-11-29-10-7-9-18(20,21)19(22,23)31(26,27)28/h7-13,24H2,1-6H3,(H,26,27,28). The molecule has 0 aromatic rings. The van der Waals surface area contributed by atoms with Crippen LogP contribution in [0.3, 0.4) is 0 Å². The average Bonchev–Trinajstić information content (AvgIpc) is 2.53. The predicted octanol–water partition coefficient (Wildman–Crippen LogP) is 4.01. The molecule has 1 unspecified atom stereocenters. The molecule has 0 bridgehead atoms. The molecular formula is C19H35F4NO6S. The number of carbonyl (C=O) groups is 1. The molecule has 0 spiro atoms. The van der Waals surface area contributed by atoms with Crippen molar-refractivity contribution in [1.29, 1.82) is 0 Å². The van der Waals surface area contributed by atoms with Crippen molar-refractivity contribution in [2.24, 2.45) is 16.6 Å². The van der Waals surface area contributed by atoms with Crippen molar-refractivity contribution >= 4 is 16.1 Å². The average molecular weight is 482 g/mol. The summed E-state index contributed by atoms with van der Waals surface area (Å²) in [7, 11) is -6.24. The maximum Gasteiger partial charge on any atom is 0.431 e. The highest BCUT2D eigenvalue weighted by Crippen LogP contribution is 2.41. The van der Waals surface area contributed by atoms with Gasteiger partial charge in [-0.2, -0.15) is 26.0 Å². The molecule has 186 valence electrons. The second-order valence-electron chi connectivity index (χ2n) is 9.86. The molecular weight excluding hydrogens is 446 g/mol. The number of halogens is 4. The number of carbonyl (C=O) groups excluding carboxylic acids is 1. The van der Waals surface area contributed by atoms with Gasteiger partial charge in [0.1, 0.15) is 5.54 Å². The van der Waals surface area contributed by atoms with Crippen LogP contribution in [0.1, 0.15) is 67.2 Å². The molecule has 0 aliphatic heterocycles. The summed E-state index contributed by atoms with van der Waals surface area (Å²) in [4.78, 5) is 12.6. The first-order valence-corrected chi connectivity index (χ1v) is 11.3. The van der Waals surface area contributed by atoms with Crippen LogP contribution in [0.2, 0.25) is 0 Å². The van der Waals surface area contributed by atoms with Gasteiger partial charge < -0.3 is 15.2 Å². The first-order chi connectivity index (χ1) is 13.6. The van der Waals surface area contributed by atoms with E-state index in [2.05, 4.69) is 0 Å². The molecule has 0 aromatic carbocycles. The number of hydrogen-bond acceptors (Lipinski definition) is 6. The Bertz CT molecular complexity index is 701. The topological polar surface area (TPSA) is 116 Å². The molecule has 0 aromatic heterocycles. The van der Waals surface area contributed by atoms with Gasteiger partial charge in [-0.25, -0.2) is 0 Å². The van der Waals surface area contributed by atoms with Crippen molar-refractivity contribution in [1.82, 2.24) is 0 Å². The Hall–Kier alpha value is -0.980. The highest BCUT2D eigenvalue weighted by Gasteiger charge is 2.64. The fraction of sp³-hybridized carbons (Fsp3) is 0.947. The van der Waals surface area contributed by atoms with Crippen LogP contribution in [0.25, 0.3) is 0 Å². The molecule has 0 amide bonds. The molecule has 1 atom stereocenters. The van der Waals surface area contributed by atoms with Crippen LogP contribution in [-0.2, 0) is 24.4 Å². The number of nitrogens with two attached hydrogens (primary N) is 1. The lowest BCUT2D eigenvalue weighted by Crippen LogP contribution is -2.60. The van der Waals surface area contributed by atoms with E-state index in [0.717, 1.165) is 0 Å². The van der Waals surface area contributed by atoms with E-state index in [4.69, 9.17) is 19.8 Å². The fourth-order valence-electron chi connectivity index (χ4n) is 2.77. The van der Waals surface area contributed by atoms with E-state index in [-0.39, 0.29) is 31.7 Å². The lowest BCUT2D eigenvalue weighted by atomic mass is 9.66. The molecule has 3 N–H and O–H groups in total. The summed E-state index contributed by atoms with van der Waals surface area (Å²) < 4.78 is 92.1. The minimum atomic E-state index is -6.24. The van der Waals surface area contributed by atoms with Crippen molar-refractivity contribution < 1.29 is 44.8 Å². The second kappa shape index (κ2) is 10.3. The van der Waals surface area contributed by atoms with Crippen LogP contribution >= 0.6 is 0 Å². The van der Waals surface area contributed by atoms with Crippen molar-refractivity contribution in [2.75, 3.05) is 19.8 Å². The Labute approximate surface area is 181 Å². The van der Waals surface area contributed by atoms with Gasteiger partial charge in [0.25, 0.3) is 0 Å². The van der Waals surface area contributed by atoms with Gasteiger partial charge in [0, 0.05) is 26.1 Å². The molecule has 0 saturated carbocycles. The van der Waals surface area contributed by atoms with E-state index in [1.165, 1.54) is 0 Å². The van der Waals surface area contributed by atoms with Crippen LogP contribution in [0.4, 0.5) is 17.6 Å². The van der Waals surface area contributed by atoms with Crippen LogP contribution in [0.5, 0.6) is 0 Å². The largest absolute Gasteiger partial charge is 0.464 e. The van der Waals surface area contributed by atoms with Crippen molar-refractivity contribution in [3.63, 3.8) is 0 Å². The van der Waals surface area contributed by atoms with E-state index in [9.17, 15) is 30.8 Å². The Morgan fingerprint density at radius 2 is 1.42 bits per heavy atom. The van der Waals surface area contributed by atoms with Crippen LogP contribution < -0.4 is 5.73 Å². The van der Waals surface area contributed by atoms with E-state index in [0.29, 0.717) is 6.42 Å². The zero-order valence-corrected chi connectivity index (χ0v) is 19.8. The van der Waals surface area contributed by atoms with Gasteiger partial charge in [0.15, 0.2) is 0 Å². The summed E-state index contributed by atoms with van der Waals surface area (Å²) in [6.07, 6.45) is -1.46. The monoisotopic (exact) mass is 481 g/mol. The van der Waals surface area contributed by atoms with E-state index >= 15 is 0 Å². The summed E-state index contributed by atoms with van der Waals surface area (Å²) >= 11 is 0. The molecule has 0 fully saturated rings.